The number of carbonyl (C=O) groups is 1. The van der Waals surface area contributed by atoms with Gasteiger partial charge in [0, 0.05) is 6.04 Å². The summed E-state index contributed by atoms with van der Waals surface area (Å²) in [6, 6.07) is 14.7. The number of nitrogens with zero attached hydrogens (tertiary/aromatic N) is 3. The number of amides is 1. The first-order valence-electron chi connectivity index (χ1n) is 9.23. The van der Waals surface area contributed by atoms with Crippen LogP contribution in [0.4, 0.5) is 0 Å². The molecular formula is C20H22N4OS2. The van der Waals surface area contributed by atoms with Gasteiger partial charge in [-0.1, -0.05) is 61.0 Å². The summed E-state index contributed by atoms with van der Waals surface area (Å²) in [6.07, 6.45) is 4.63. The molecule has 1 aliphatic rings. The molecule has 0 atom stereocenters. The first kappa shape index (κ1) is 18.3. The monoisotopic (exact) mass is 398 g/mol. The molecule has 1 amide bonds. The van der Waals surface area contributed by atoms with Gasteiger partial charge in [0.25, 0.3) is 0 Å². The van der Waals surface area contributed by atoms with Crippen LogP contribution >= 0.6 is 23.1 Å². The van der Waals surface area contributed by atoms with E-state index in [1.165, 1.54) is 30.2 Å². The Balaban J connectivity index is 1.50. The van der Waals surface area contributed by atoms with Crippen LogP contribution in [0.15, 0.2) is 53.0 Å². The van der Waals surface area contributed by atoms with E-state index in [-0.39, 0.29) is 5.91 Å². The summed E-state index contributed by atoms with van der Waals surface area (Å²) in [4.78, 5) is 13.4. The standard InChI is InChI=1S/C20H22N4OS2/c25-18(21-16-9-4-5-10-16)14-27-20-23-22-19(17-11-6-12-26-17)24(20)13-15-7-2-1-3-8-15/h1-3,6-8,11-12,16H,4-5,9-10,13-14H2,(H,21,25). The van der Waals surface area contributed by atoms with Crippen molar-refractivity contribution in [2.45, 2.75) is 43.4 Å². The van der Waals surface area contributed by atoms with Gasteiger partial charge in [0.15, 0.2) is 11.0 Å². The van der Waals surface area contributed by atoms with E-state index in [2.05, 4.69) is 38.3 Å². The van der Waals surface area contributed by atoms with E-state index in [1.807, 2.05) is 29.6 Å². The zero-order valence-electron chi connectivity index (χ0n) is 15.0. The SMILES string of the molecule is O=C(CSc1nnc(-c2cccs2)n1Cc1ccccc1)NC1CCCC1. The first-order chi connectivity index (χ1) is 13.3. The topological polar surface area (TPSA) is 59.8 Å². The quantitative estimate of drug-likeness (QED) is 0.606. The Morgan fingerprint density at radius 3 is 2.70 bits per heavy atom. The number of thiophene rings is 1. The molecule has 140 valence electrons. The van der Waals surface area contributed by atoms with E-state index in [0.717, 1.165) is 28.7 Å². The lowest BCUT2D eigenvalue weighted by Gasteiger charge is -2.12. The highest BCUT2D eigenvalue weighted by atomic mass is 32.2. The number of carbonyl (C=O) groups excluding carboxylic acids is 1. The summed E-state index contributed by atoms with van der Waals surface area (Å²) in [5, 5.41) is 14.7. The van der Waals surface area contributed by atoms with Crippen LogP contribution in [0.1, 0.15) is 31.2 Å². The Labute approximate surface area is 167 Å². The maximum Gasteiger partial charge on any atom is 0.230 e. The van der Waals surface area contributed by atoms with E-state index in [9.17, 15) is 4.79 Å². The van der Waals surface area contributed by atoms with Crippen molar-refractivity contribution >= 4 is 29.0 Å². The molecule has 7 heteroatoms. The molecule has 27 heavy (non-hydrogen) atoms. The van der Waals surface area contributed by atoms with Crippen LogP contribution in [0.5, 0.6) is 0 Å². The van der Waals surface area contributed by atoms with Gasteiger partial charge >= 0.3 is 0 Å². The molecule has 0 radical (unpaired) electrons. The van der Waals surface area contributed by atoms with Crippen molar-refractivity contribution in [1.82, 2.24) is 20.1 Å². The van der Waals surface area contributed by atoms with Gasteiger partial charge in [0.05, 0.1) is 17.2 Å². The Bertz CT molecular complexity index is 871. The number of nitrogens with one attached hydrogen (secondary N) is 1. The highest BCUT2D eigenvalue weighted by Gasteiger charge is 2.19. The van der Waals surface area contributed by atoms with Gasteiger partial charge in [-0.2, -0.15) is 0 Å². The van der Waals surface area contributed by atoms with Crippen molar-refractivity contribution < 1.29 is 4.79 Å². The average Bonchev–Trinajstić information content (AvgIpc) is 3.43. The van der Waals surface area contributed by atoms with Gasteiger partial charge in [-0.15, -0.1) is 21.5 Å². The summed E-state index contributed by atoms with van der Waals surface area (Å²) in [7, 11) is 0. The van der Waals surface area contributed by atoms with Crippen molar-refractivity contribution in [3.05, 3.63) is 53.4 Å². The lowest BCUT2D eigenvalue weighted by Crippen LogP contribution is -2.33. The lowest BCUT2D eigenvalue weighted by molar-refractivity contribution is -0.119. The van der Waals surface area contributed by atoms with Gasteiger partial charge < -0.3 is 5.32 Å². The fraction of sp³-hybridized carbons (Fsp3) is 0.350. The zero-order valence-corrected chi connectivity index (χ0v) is 16.6. The fourth-order valence-corrected chi connectivity index (χ4v) is 4.83. The van der Waals surface area contributed by atoms with E-state index in [0.29, 0.717) is 18.3 Å². The second-order valence-corrected chi connectivity index (χ2v) is 8.58. The van der Waals surface area contributed by atoms with Crippen molar-refractivity contribution in [2.75, 3.05) is 5.75 Å². The van der Waals surface area contributed by atoms with Crippen molar-refractivity contribution in [3.8, 4) is 10.7 Å². The van der Waals surface area contributed by atoms with Gasteiger partial charge in [0.2, 0.25) is 5.91 Å². The minimum absolute atomic E-state index is 0.0823. The van der Waals surface area contributed by atoms with E-state index in [4.69, 9.17) is 0 Å². The fourth-order valence-electron chi connectivity index (χ4n) is 3.36. The third kappa shape index (κ3) is 4.59. The van der Waals surface area contributed by atoms with Crippen molar-refractivity contribution in [2.24, 2.45) is 0 Å². The third-order valence-corrected chi connectivity index (χ3v) is 6.53. The molecule has 0 aliphatic heterocycles. The summed E-state index contributed by atoms with van der Waals surface area (Å²) in [6.45, 7) is 0.688. The highest BCUT2D eigenvalue weighted by Crippen LogP contribution is 2.28. The Hall–Kier alpha value is -2.12. The van der Waals surface area contributed by atoms with Crippen molar-refractivity contribution in [1.29, 1.82) is 0 Å². The van der Waals surface area contributed by atoms with Gasteiger partial charge in [-0.25, -0.2) is 0 Å². The molecule has 4 rings (SSSR count). The summed E-state index contributed by atoms with van der Waals surface area (Å²) in [5.74, 6) is 1.31. The molecule has 5 nitrogen and oxygen atoms in total. The molecule has 0 unspecified atom stereocenters. The van der Waals surface area contributed by atoms with Crippen LogP contribution in [0, 0.1) is 0 Å². The molecule has 3 aromatic rings. The van der Waals surface area contributed by atoms with Crippen LogP contribution in [0.2, 0.25) is 0 Å². The smallest absolute Gasteiger partial charge is 0.230 e. The van der Waals surface area contributed by atoms with E-state index >= 15 is 0 Å². The molecule has 1 aromatic carbocycles. The summed E-state index contributed by atoms with van der Waals surface area (Å²) < 4.78 is 2.11. The molecule has 1 aliphatic carbocycles. The third-order valence-electron chi connectivity index (χ3n) is 4.69. The number of benzene rings is 1. The number of rotatable bonds is 7. The van der Waals surface area contributed by atoms with Gasteiger partial charge in [0.1, 0.15) is 0 Å². The largest absolute Gasteiger partial charge is 0.353 e. The normalized spacial score (nSPS) is 14.5. The van der Waals surface area contributed by atoms with Crippen LogP contribution < -0.4 is 5.32 Å². The Morgan fingerprint density at radius 1 is 1.15 bits per heavy atom. The lowest BCUT2D eigenvalue weighted by atomic mass is 10.2. The highest BCUT2D eigenvalue weighted by molar-refractivity contribution is 7.99. The minimum Gasteiger partial charge on any atom is -0.353 e. The van der Waals surface area contributed by atoms with E-state index < -0.39 is 0 Å². The molecule has 0 spiro atoms. The molecule has 2 heterocycles. The average molecular weight is 399 g/mol. The second-order valence-electron chi connectivity index (χ2n) is 6.69. The van der Waals surface area contributed by atoms with Crippen molar-refractivity contribution in [3.63, 3.8) is 0 Å². The Morgan fingerprint density at radius 2 is 1.96 bits per heavy atom. The minimum atomic E-state index is 0.0823. The number of thioether (sulfide) groups is 1. The summed E-state index contributed by atoms with van der Waals surface area (Å²) >= 11 is 3.11. The predicted molar refractivity (Wildman–Crippen MR) is 110 cm³/mol. The zero-order chi connectivity index (χ0) is 18.5. The van der Waals surface area contributed by atoms with Crippen LogP contribution in [0.3, 0.4) is 0 Å². The van der Waals surface area contributed by atoms with Crippen LogP contribution in [0.25, 0.3) is 10.7 Å². The van der Waals surface area contributed by atoms with Crippen LogP contribution in [-0.2, 0) is 11.3 Å². The predicted octanol–water partition coefficient (Wildman–Crippen LogP) is 4.21. The van der Waals surface area contributed by atoms with E-state index in [1.54, 1.807) is 11.3 Å². The summed E-state index contributed by atoms with van der Waals surface area (Å²) in [5.41, 5.74) is 1.19. The Kier molecular flexibility index (Phi) is 5.89. The molecular weight excluding hydrogens is 376 g/mol. The maximum absolute atomic E-state index is 12.3. The number of hydrogen-bond donors (Lipinski definition) is 1. The number of aromatic nitrogens is 3. The molecule has 2 aromatic heterocycles. The van der Waals surface area contributed by atoms with Gasteiger partial charge in [-0.3, -0.25) is 9.36 Å². The molecule has 1 N–H and O–H groups in total. The molecule has 1 fully saturated rings. The first-order valence-corrected chi connectivity index (χ1v) is 11.1. The second kappa shape index (κ2) is 8.71. The number of hydrogen-bond acceptors (Lipinski definition) is 5. The molecule has 0 saturated heterocycles. The molecule has 0 bridgehead atoms. The van der Waals surface area contributed by atoms with Crippen LogP contribution in [-0.4, -0.2) is 32.5 Å². The molecule has 1 saturated carbocycles. The van der Waals surface area contributed by atoms with Gasteiger partial charge in [-0.05, 0) is 29.9 Å². The maximum atomic E-state index is 12.3.